The molecule has 1 saturated heterocycles. The topological polar surface area (TPSA) is 81.5 Å². The molecule has 0 aliphatic carbocycles. The molecule has 1 aliphatic rings. The van der Waals surface area contributed by atoms with E-state index in [1.165, 1.54) is 5.56 Å². The van der Waals surface area contributed by atoms with Crippen LogP contribution in [0, 0.1) is 5.41 Å². The van der Waals surface area contributed by atoms with Gasteiger partial charge in [-0.05, 0) is 53.8 Å². The Bertz CT molecular complexity index is 1170. The highest BCUT2D eigenvalue weighted by Crippen LogP contribution is 2.27. The number of hydrogen-bond donors (Lipinski definition) is 3. The minimum absolute atomic E-state index is 0.398. The average Bonchev–Trinajstić information content (AvgIpc) is 2.89. The van der Waals surface area contributed by atoms with E-state index in [2.05, 4.69) is 53.3 Å². The summed E-state index contributed by atoms with van der Waals surface area (Å²) in [6.45, 7) is 9.58. The molecule has 2 aromatic carbocycles. The number of β-amino-alcohol motifs (C(OH)–C–C–N with tert-alkyl or cyclic N) is 1. The van der Waals surface area contributed by atoms with Crippen LogP contribution >= 0.6 is 0 Å². The monoisotopic (exact) mass is 484 g/mol. The second-order valence-corrected chi connectivity index (χ2v) is 9.68. The Balaban J connectivity index is 1.56. The van der Waals surface area contributed by atoms with Crippen LogP contribution in [0.25, 0.3) is 5.57 Å². The van der Waals surface area contributed by atoms with Crippen LogP contribution in [-0.4, -0.2) is 53.0 Å². The Morgan fingerprint density at radius 1 is 1.00 bits per heavy atom. The molecule has 6 heteroatoms. The van der Waals surface area contributed by atoms with Gasteiger partial charge < -0.3 is 15.2 Å². The summed E-state index contributed by atoms with van der Waals surface area (Å²) in [7, 11) is 0. The van der Waals surface area contributed by atoms with Gasteiger partial charge in [-0.3, -0.25) is 15.3 Å². The van der Waals surface area contributed by atoms with Gasteiger partial charge in [0.15, 0.2) is 0 Å². The number of rotatable bonds is 9. The zero-order valence-electron chi connectivity index (χ0n) is 21.4. The molecule has 3 aromatic rings. The van der Waals surface area contributed by atoms with E-state index < -0.39 is 6.10 Å². The van der Waals surface area contributed by atoms with Crippen LogP contribution in [0.15, 0.2) is 78.8 Å². The van der Waals surface area contributed by atoms with Gasteiger partial charge in [-0.15, -0.1) is 0 Å². The first kappa shape index (κ1) is 25.6. The SMILES string of the molecule is CC(O)CN1CCN/C(=C(\C(=N)c2ccncc2)c2ccc(OCc3ccc(C(C)C)cc3)cc2)C1. The summed E-state index contributed by atoms with van der Waals surface area (Å²) in [4.78, 5) is 6.33. The molecular weight excluding hydrogens is 448 g/mol. The number of pyridine rings is 1. The van der Waals surface area contributed by atoms with Crippen molar-refractivity contribution in [1.82, 2.24) is 15.2 Å². The smallest absolute Gasteiger partial charge is 0.119 e. The predicted octanol–water partition coefficient (Wildman–Crippen LogP) is 4.85. The zero-order chi connectivity index (χ0) is 25.5. The van der Waals surface area contributed by atoms with Gasteiger partial charge in [0, 0.05) is 55.4 Å². The van der Waals surface area contributed by atoms with E-state index in [0.29, 0.717) is 31.3 Å². The number of allylic oxidation sites excluding steroid dienone is 1. The van der Waals surface area contributed by atoms with Crippen LogP contribution in [-0.2, 0) is 6.61 Å². The summed E-state index contributed by atoms with van der Waals surface area (Å²) >= 11 is 0. The molecule has 0 saturated carbocycles. The summed E-state index contributed by atoms with van der Waals surface area (Å²) in [5.41, 5.74) is 6.51. The Hall–Kier alpha value is -3.48. The van der Waals surface area contributed by atoms with E-state index in [4.69, 9.17) is 10.1 Å². The highest BCUT2D eigenvalue weighted by atomic mass is 16.5. The van der Waals surface area contributed by atoms with Gasteiger partial charge in [0.25, 0.3) is 0 Å². The number of nitrogens with zero attached hydrogens (tertiary/aromatic N) is 2. The van der Waals surface area contributed by atoms with Gasteiger partial charge in [0.1, 0.15) is 12.4 Å². The maximum absolute atomic E-state index is 9.89. The van der Waals surface area contributed by atoms with Crippen LogP contribution in [0.4, 0.5) is 0 Å². The van der Waals surface area contributed by atoms with Gasteiger partial charge in [-0.2, -0.15) is 0 Å². The Kier molecular flexibility index (Phi) is 8.52. The van der Waals surface area contributed by atoms with Crippen LogP contribution in [0.3, 0.4) is 0 Å². The molecule has 0 bridgehead atoms. The largest absolute Gasteiger partial charge is 0.489 e. The number of aliphatic hydroxyl groups is 1. The van der Waals surface area contributed by atoms with Gasteiger partial charge in [0.2, 0.25) is 0 Å². The van der Waals surface area contributed by atoms with E-state index in [0.717, 1.165) is 46.8 Å². The lowest BCUT2D eigenvalue weighted by molar-refractivity contribution is 0.126. The summed E-state index contributed by atoms with van der Waals surface area (Å²) < 4.78 is 6.05. The first-order valence-corrected chi connectivity index (χ1v) is 12.6. The first-order valence-electron chi connectivity index (χ1n) is 12.6. The number of ether oxygens (including phenoxy) is 1. The van der Waals surface area contributed by atoms with Crippen molar-refractivity contribution in [2.45, 2.75) is 39.4 Å². The van der Waals surface area contributed by atoms with Crippen LogP contribution < -0.4 is 10.1 Å². The zero-order valence-corrected chi connectivity index (χ0v) is 21.4. The third-order valence-electron chi connectivity index (χ3n) is 6.39. The lowest BCUT2D eigenvalue weighted by Gasteiger charge is -2.32. The van der Waals surface area contributed by atoms with E-state index >= 15 is 0 Å². The number of benzene rings is 2. The first-order chi connectivity index (χ1) is 17.4. The van der Waals surface area contributed by atoms with Crippen molar-refractivity contribution in [3.63, 3.8) is 0 Å². The summed E-state index contributed by atoms with van der Waals surface area (Å²) in [5, 5.41) is 22.4. The minimum atomic E-state index is -0.398. The normalized spacial score (nSPS) is 16.4. The van der Waals surface area contributed by atoms with Crippen molar-refractivity contribution in [3.05, 3.63) is 101 Å². The average molecular weight is 485 g/mol. The maximum Gasteiger partial charge on any atom is 0.119 e. The fourth-order valence-electron chi connectivity index (χ4n) is 4.44. The van der Waals surface area contributed by atoms with E-state index in [9.17, 15) is 5.11 Å². The highest BCUT2D eigenvalue weighted by molar-refractivity contribution is 6.31. The predicted molar refractivity (Wildman–Crippen MR) is 145 cm³/mol. The van der Waals surface area contributed by atoms with Crippen molar-refractivity contribution in [3.8, 4) is 5.75 Å². The molecule has 0 radical (unpaired) electrons. The van der Waals surface area contributed by atoms with Crippen LogP contribution in [0.1, 0.15) is 48.9 Å². The Morgan fingerprint density at radius 3 is 2.33 bits per heavy atom. The van der Waals surface area contributed by atoms with E-state index in [-0.39, 0.29) is 0 Å². The van der Waals surface area contributed by atoms with Crippen LogP contribution in [0.2, 0.25) is 0 Å². The molecule has 6 nitrogen and oxygen atoms in total. The van der Waals surface area contributed by atoms with Crippen molar-refractivity contribution < 1.29 is 9.84 Å². The molecule has 0 spiro atoms. The molecular formula is C30H36N4O2. The summed E-state index contributed by atoms with van der Waals surface area (Å²) in [6.07, 6.45) is 3.03. The van der Waals surface area contributed by atoms with Gasteiger partial charge in [-0.1, -0.05) is 50.2 Å². The van der Waals surface area contributed by atoms with E-state index in [1.807, 2.05) is 43.3 Å². The standard InChI is InChI=1S/C30H36N4O2/c1-21(2)24-6-4-23(5-7-24)20-36-27-10-8-25(9-11-27)29(30(31)26-12-14-32-15-13-26)28-19-34(17-16-33-28)18-22(3)35/h4-15,21-22,31,33,35H,16-20H2,1-3H3/b29-28-,31-30?. The number of piperazine rings is 1. The minimum Gasteiger partial charge on any atom is -0.489 e. The Labute approximate surface area is 214 Å². The third-order valence-corrected chi connectivity index (χ3v) is 6.39. The Morgan fingerprint density at radius 2 is 1.69 bits per heavy atom. The van der Waals surface area contributed by atoms with Crippen molar-refractivity contribution >= 4 is 11.3 Å². The number of aromatic nitrogens is 1. The van der Waals surface area contributed by atoms with Crippen molar-refractivity contribution in [2.75, 3.05) is 26.2 Å². The molecule has 0 amide bonds. The molecule has 3 N–H and O–H groups in total. The van der Waals surface area contributed by atoms with E-state index in [1.54, 1.807) is 12.4 Å². The highest BCUT2D eigenvalue weighted by Gasteiger charge is 2.22. The fourth-order valence-corrected chi connectivity index (χ4v) is 4.44. The molecule has 1 fully saturated rings. The number of aliphatic hydroxyl groups excluding tert-OH is 1. The molecule has 2 heterocycles. The fraction of sp³-hybridized carbons (Fsp3) is 0.333. The van der Waals surface area contributed by atoms with Crippen molar-refractivity contribution in [2.24, 2.45) is 0 Å². The molecule has 188 valence electrons. The lowest BCUT2D eigenvalue weighted by Crippen LogP contribution is -2.45. The molecule has 36 heavy (non-hydrogen) atoms. The number of nitrogens with one attached hydrogen (secondary N) is 2. The molecule has 1 atom stereocenters. The molecule has 1 unspecified atom stereocenters. The third kappa shape index (κ3) is 6.59. The van der Waals surface area contributed by atoms with Crippen molar-refractivity contribution in [1.29, 1.82) is 5.41 Å². The second-order valence-electron chi connectivity index (χ2n) is 9.68. The van der Waals surface area contributed by atoms with Gasteiger partial charge >= 0.3 is 0 Å². The van der Waals surface area contributed by atoms with Gasteiger partial charge in [-0.25, -0.2) is 0 Å². The lowest BCUT2D eigenvalue weighted by atomic mass is 9.93. The maximum atomic E-state index is 9.89. The quantitative estimate of drug-likeness (QED) is 0.378. The number of hydrogen-bond acceptors (Lipinski definition) is 6. The van der Waals surface area contributed by atoms with Gasteiger partial charge in [0.05, 0.1) is 11.8 Å². The second kappa shape index (κ2) is 12.0. The summed E-state index contributed by atoms with van der Waals surface area (Å²) in [5.74, 6) is 1.30. The van der Waals surface area contributed by atoms with Crippen LogP contribution in [0.5, 0.6) is 5.75 Å². The molecule has 1 aromatic heterocycles. The summed E-state index contributed by atoms with van der Waals surface area (Å²) in [6, 6.07) is 20.3. The molecule has 4 rings (SSSR count). The molecule has 1 aliphatic heterocycles.